The monoisotopic (exact) mass is 354 g/mol. The maximum absolute atomic E-state index is 3.65. The third-order valence-corrected chi connectivity index (χ3v) is 5.40. The highest BCUT2D eigenvalue weighted by Crippen LogP contribution is 2.15. The summed E-state index contributed by atoms with van der Waals surface area (Å²) in [5.41, 5.74) is 0. The van der Waals surface area contributed by atoms with Crippen molar-refractivity contribution in [3.05, 3.63) is 0 Å². The fraction of sp³-hybridized carbons (Fsp3) is 1.00. The first-order valence-electron chi connectivity index (χ1n) is 6.86. The number of halogens is 2. The average molecular weight is 356 g/mol. The molecule has 2 heteroatoms. The molecule has 0 radical (unpaired) electrons. The molecule has 0 aliphatic heterocycles. The molecule has 0 aliphatic rings. The van der Waals surface area contributed by atoms with Crippen LogP contribution in [0.4, 0.5) is 0 Å². The van der Waals surface area contributed by atoms with Crippen molar-refractivity contribution in [3.63, 3.8) is 0 Å². The molecule has 0 nitrogen and oxygen atoms in total. The fourth-order valence-corrected chi connectivity index (χ4v) is 2.53. The van der Waals surface area contributed by atoms with Crippen LogP contribution < -0.4 is 0 Å². The van der Waals surface area contributed by atoms with E-state index in [1.54, 1.807) is 0 Å². The maximum Gasteiger partial charge on any atom is 0.0242 e. The van der Waals surface area contributed by atoms with Crippen molar-refractivity contribution in [1.29, 1.82) is 0 Å². The summed E-state index contributed by atoms with van der Waals surface area (Å²) >= 11 is 7.14. The van der Waals surface area contributed by atoms with Crippen LogP contribution in [0.15, 0.2) is 0 Å². The van der Waals surface area contributed by atoms with Crippen molar-refractivity contribution >= 4 is 31.9 Å². The fourth-order valence-electron chi connectivity index (χ4n) is 1.88. The molecule has 0 heterocycles. The Balaban J connectivity index is 2.99. The third kappa shape index (κ3) is 13.0. The molecule has 16 heavy (non-hydrogen) atoms. The first-order valence-corrected chi connectivity index (χ1v) is 8.90. The van der Waals surface area contributed by atoms with E-state index < -0.39 is 0 Å². The summed E-state index contributed by atoms with van der Waals surface area (Å²) < 4.78 is 0. The largest absolute Gasteiger partial charge is 0.0916 e. The molecule has 0 aliphatic carbocycles. The normalized spacial score (nSPS) is 13.3. The van der Waals surface area contributed by atoms with Gasteiger partial charge in [0.05, 0.1) is 0 Å². The van der Waals surface area contributed by atoms with Crippen molar-refractivity contribution in [2.75, 3.05) is 5.33 Å². The van der Waals surface area contributed by atoms with Gasteiger partial charge in [0.2, 0.25) is 0 Å². The van der Waals surface area contributed by atoms with Crippen LogP contribution in [-0.4, -0.2) is 10.2 Å². The minimum absolute atomic E-state index is 0.679. The summed E-state index contributed by atoms with van der Waals surface area (Å²) in [6.07, 6.45) is 12.7. The van der Waals surface area contributed by atoms with Crippen LogP contribution in [0.5, 0.6) is 0 Å². The molecule has 0 spiro atoms. The molecule has 0 bridgehead atoms. The van der Waals surface area contributed by atoms with Gasteiger partial charge in [0.15, 0.2) is 0 Å². The van der Waals surface area contributed by atoms with Gasteiger partial charge in [-0.2, -0.15) is 0 Å². The Morgan fingerprint density at radius 3 is 1.62 bits per heavy atom. The van der Waals surface area contributed by atoms with Crippen LogP contribution >= 0.6 is 31.9 Å². The Labute approximate surface area is 119 Å². The molecule has 0 amide bonds. The molecule has 0 aromatic carbocycles. The molecule has 0 aromatic rings. The quantitative estimate of drug-likeness (QED) is 0.301. The first kappa shape index (κ1) is 17.0. The SMILES string of the molecule is CC(C)CCCCCCCCCC(Br)CBr. The van der Waals surface area contributed by atoms with Gasteiger partial charge in [-0.25, -0.2) is 0 Å². The van der Waals surface area contributed by atoms with E-state index in [1.807, 2.05) is 0 Å². The van der Waals surface area contributed by atoms with Crippen molar-refractivity contribution in [2.24, 2.45) is 5.92 Å². The van der Waals surface area contributed by atoms with Crippen LogP contribution in [0.3, 0.4) is 0 Å². The number of unbranched alkanes of at least 4 members (excludes halogenated alkanes) is 6. The summed E-state index contributed by atoms with van der Waals surface area (Å²) in [7, 11) is 0. The molecule has 0 saturated heterocycles. The van der Waals surface area contributed by atoms with Crippen molar-refractivity contribution in [1.82, 2.24) is 0 Å². The molecule has 1 atom stereocenters. The zero-order valence-corrected chi connectivity index (χ0v) is 14.2. The number of rotatable bonds is 11. The molecule has 0 saturated carbocycles. The summed E-state index contributed by atoms with van der Waals surface area (Å²) in [5.74, 6) is 0.889. The van der Waals surface area contributed by atoms with Crippen LogP contribution in [-0.2, 0) is 0 Å². The third-order valence-electron chi connectivity index (χ3n) is 2.97. The second kappa shape index (κ2) is 12.4. The van der Waals surface area contributed by atoms with E-state index in [9.17, 15) is 0 Å². The Morgan fingerprint density at radius 2 is 1.19 bits per heavy atom. The molecule has 0 N–H and O–H groups in total. The van der Waals surface area contributed by atoms with Crippen LogP contribution in [0.1, 0.15) is 71.6 Å². The maximum atomic E-state index is 3.65. The zero-order valence-electron chi connectivity index (χ0n) is 11.0. The molecule has 1 unspecified atom stereocenters. The zero-order chi connectivity index (χ0) is 12.2. The van der Waals surface area contributed by atoms with E-state index in [0.717, 1.165) is 11.2 Å². The summed E-state index contributed by atoms with van der Waals surface area (Å²) in [5, 5.41) is 1.09. The molecular formula is C14H28Br2. The Morgan fingerprint density at radius 1 is 0.750 bits per heavy atom. The van der Waals surface area contributed by atoms with Gasteiger partial charge in [0, 0.05) is 10.2 Å². The lowest BCUT2D eigenvalue weighted by molar-refractivity contribution is 0.507. The van der Waals surface area contributed by atoms with Gasteiger partial charge in [-0.05, 0) is 12.3 Å². The lowest BCUT2D eigenvalue weighted by atomic mass is 10.0. The Kier molecular flexibility index (Phi) is 13.2. The van der Waals surface area contributed by atoms with Crippen LogP contribution in [0.25, 0.3) is 0 Å². The topological polar surface area (TPSA) is 0 Å². The van der Waals surface area contributed by atoms with Gasteiger partial charge >= 0.3 is 0 Å². The van der Waals surface area contributed by atoms with Crippen molar-refractivity contribution in [3.8, 4) is 0 Å². The van der Waals surface area contributed by atoms with Crippen molar-refractivity contribution in [2.45, 2.75) is 76.5 Å². The standard InChI is InChI=1S/C14H28Br2/c1-13(2)10-8-6-4-3-5-7-9-11-14(16)12-15/h13-14H,3-12H2,1-2H3. The lowest BCUT2D eigenvalue weighted by Gasteiger charge is -2.06. The average Bonchev–Trinajstić information content (AvgIpc) is 2.26. The van der Waals surface area contributed by atoms with Crippen LogP contribution in [0, 0.1) is 5.92 Å². The van der Waals surface area contributed by atoms with Gasteiger partial charge in [0.1, 0.15) is 0 Å². The summed E-state index contributed by atoms with van der Waals surface area (Å²) in [6.45, 7) is 4.64. The van der Waals surface area contributed by atoms with E-state index >= 15 is 0 Å². The summed E-state index contributed by atoms with van der Waals surface area (Å²) in [4.78, 5) is 0.679. The van der Waals surface area contributed by atoms with E-state index in [4.69, 9.17) is 0 Å². The lowest BCUT2D eigenvalue weighted by Crippen LogP contribution is -1.97. The van der Waals surface area contributed by atoms with E-state index in [2.05, 4.69) is 45.7 Å². The molecular weight excluding hydrogens is 328 g/mol. The predicted molar refractivity (Wildman–Crippen MR) is 82.9 cm³/mol. The smallest absolute Gasteiger partial charge is 0.0242 e. The van der Waals surface area contributed by atoms with E-state index in [-0.39, 0.29) is 0 Å². The second-order valence-corrected chi connectivity index (χ2v) is 7.14. The minimum atomic E-state index is 0.679. The molecule has 98 valence electrons. The number of hydrogen-bond acceptors (Lipinski definition) is 0. The number of alkyl halides is 2. The van der Waals surface area contributed by atoms with Crippen LogP contribution in [0.2, 0.25) is 0 Å². The number of hydrogen-bond donors (Lipinski definition) is 0. The molecule has 0 rings (SSSR count). The van der Waals surface area contributed by atoms with Gasteiger partial charge in [-0.1, -0.05) is 97.1 Å². The molecule has 0 fully saturated rings. The Hall–Kier alpha value is 0.960. The van der Waals surface area contributed by atoms with Gasteiger partial charge in [-0.15, -0.1) is 0 Å². The van der Waals surface area contributed by atoms with Gasteiger partial charge < -0.3 is 0 Å². The van der Waals surface area contributed by atoms with E-state index in [1.165, 1.54) is 57.8 Å². The highest BCUT2D eigenvalue weighted by atomic mass is 79.9. The minimum Gasteiger partial charge on any atom is -0.0916 e. The van der Waals surface area contributed by atoms with Crippen molar-refractivity contribution < 1.29 is 0 Å². The van der Waals surface area contributed by atoms with Gasteiger partial charge in [-0.3, -0.25) is 0 Å². The second-order valence-electron chi connectivity index (χ2n) is 5.20. The highest BCUT2D eigenvalue weighted by Gasteiger charge is 2.00. The van der Waals surface area contributed by atoms with E-state index in [0.29, 0.717) is 4.83 Å². The highest BCUT2D eigenvalue weighted by molar-refractivity contribution is 9.12. The first-order chi connectivity index (χ1) is 7.66. The summed E-state index contributed by atoms with van der Waals surface area (Å²) in [6, 6.07) is 0. The Bertz CT molecular complexity index is 135. The predicted octanol–water partition coefficient (Wildman–Crippen LogP) is 6.31. The molecule has 0 aromatic heterocycles. The van der Waals surface area contributed by atoms with Gasteiger partial charge in [0.25, 0.3) is 0 Å².